The van der Waals surface area contributed by atoms with Crippen molar-refractivity contribution in [3.8, 4) is 0 Å². The van der Waals surface area contributed by atoms with E-state index in [-0.39, 0.29) is 38.6 Å². The predicted molar refractivity (Wildman–Crippen MR) is 88.8 cm³/mol. The zero-order valence-corrected chi connectivity index (χ0v) is 13.8. The minimum absolute atomic E-state index is 0.0495. The molecule has 0 fully saturated rings. The lowest BCUT2D eigenvalue weighted by Gasteiger charge is -2.19. The molecule has 0 aliphatic heterocycles. The van der Waals surface area contributed by atoms with Crippen molar-refractivity contribution in [2.24, 2.45) is 5.73 Å². The number of rotatable bonds is 3. The van der Waals surface area contributed by atoms with Crippen LogP contribution in [0.2, 0.25) is 5.02 Å². The molecular formula is C18H12ClNO5. The van der Waals surface area contributed by atoms with Crippen LogP contribution in [-0.2, 0) is 9.53 Å². The van der Waals surface area contributed by atoms with Gasteiger partial charge in [-0.3, -0.25) is 14.4 Å². The van der Waals surface area contributed by atoms with Gasteiger partial charge in [-0.2, -0.15) is 0 Å². The van der Waals surface area contributed by atoms with Gasteiger partial charge >= 0.3 is 5.97 Å². The maximum absolute atomic E-state index is 12.7. The van der Waals surface area contributed by atoms with E-state index in [1.165, 1.54) is 25.1 Å². The maximum Gasteiger partial charge on any atom is 0.340 e. The van der Waals surface area contributed by atoms with Crippen LogP contribution in [0.15, 0.2) is 36.4 Å². The monoisotopic (exact) mass is 357 g/mol. The number of ether oxygens (including phenoxy) is 1. The molecule has 0 saturated carbocycles. The van der Waals surface area contributed by atoms with Crippen molar-refractivity contribution in [3.63, 3.8) is 0 Å². The summed E-state index contributed by atoms with van der Waals surface area (Å²) in [6, 6.07) is 9.01. The molecule has 7 heteroatoms. The summed E-state index contributed by atoms with van der Waals surface area (Å²) in [7, 11) is 0. The first-order chi connectivity index (χ1) is 11.8. The lowest BCUT2D eigenvalue weighted by Crippen LogP contribution is -2.31. The fourth-order valence-electron chi connectivity index (χ4n) is 2.59. The largest absolute Gasteiger partial charge is 0.449 e. The van der Waals surface area contributed by atoms with Crippen molar-refractivity contribution in [2.75, 3.05) is 0 Å². The van der Waals surface area contributed by atoms with Gasteiger partial charge in [0.1, 0.15) is 0 Å². The third-order valence-corrected chi connectivity index (χ3v) is 4.33. The number of benzene rings is 2. The lowest BCUT2D eigenvalue weighted by atomic mass is 9.83. The highest BCUT2D eigenvalue weighted by atomic mass is 35.5. The van der Waals surface area contributed by atoms with E-state index in [9.17, 15) is 19.2 Å². The molecule has 1 amide bonds. The number of primary amides is 1. The Morgan fingerprint density at radius 2 is 1.60 bits per heavy atom. The Bertz CT molecular complexity index is 950. The summed E-state index contributed by atoms with van der Waals surface area (Å²) in [5.74, 6) is -2.52. The van der Waals surface area contributed by atoms with E-state index >= 15 is 0 Å². The van der Waals surface area contributed by atoms with E-state index in [0.29, 0.717) is 0 Å². The number of esters is 1. The number of hydrogen-bond acceptors (Lipinski definition) is 5. The van der Waals surface area contributed by atoms with Crippen molar-refractivity contribution < 1.29 is 23.9 Å². The number of carbonyl (C=O) groups excluding carboxylic acids is 4. The molecule has 0 saturated heterocycles. The number of carbonyl (C=O) groups is 4. The van der Waals surface area contributed by atoms with Gasteiger partial charge < -0.3 is 10.5 Å². The van der Waals surface area contributed by atoms with Crippen LogP contribution in [0.1, 0.15) is 49.1 Å². The van der Waals surface area contributed by atoms with Crippen molar-refractivity contribution >= 4 is 35.0 Å². The quantitative estimate of drug-likeness (QED) is 0.723. The third kappa shape index (κ3) is 2.70. The Labute approximate surface area is 147 Å². The summed E-state index contributed by atoms with van der Waals surface area (Å²) in [6.07, 6.45) is -1.15. The fourth-order valence-corrected chi connectivity index (χ4v) is 2.91. The molecule has 1 aliphatic rings. The van der Waals surface area contributed by atoms with Gasteiger partial charge in [0, 0.05) is 16.7 Å². The summed E-state index contributed by atoms with van der Waals surface area (Å²) in [5.41, 5.74) is 5.52. The molecule has 1 aliphatic carbocycles. The van der Waals surface area contributed by atoms with Crippen LogP contribution in [0.3, 0.4) is 0 Å². The van der Waals surface area contributed by atoms with Crippen LogP contribution in [0.4, 0.5) is 0 Å². The first-order valence-electron chi connectivity index (χ1n) is 7.34. The van der Waals surface area contributed by atoms with Crippen molar-refractivity contribution in [1.29, 1.82) is 0 Å². The molecule has 126 valence electrons. The lowest BCUT2D eigenvalue weighted by molar-refractivity contribution is -0.125. The summed E-state index contributed by atoms with van der Waals surface area (Å²) < 4.78 is 4.91. The molecule has 6 nitrogen and oxygen atoms in total. The summed E-state index contributed by atoms with van der Waals surface area (Å²) >= 11 is 6.22. The molecule has 1 atom stereocenters. The standard InChI is InChI=1S/C18H12ClNO5/c1-8(17(20)23)25-18(24)12-7-6-11-13(14(12)19)16(22)10-5-3-2-4-9(10)15(11)21/h2-8H,1H3,(H2,20,23)/t8-/m1/s1. The number of fused-ring (bicyclic) bond motifs is 2. The van der Waals surface area contributed by atoms with Gasteiger partial charge in [0.05, 0.1) is 16.1 Å². The van der Waals surface area contributed by atoms with E-state index < -0.39 is 23.8 Å². The second kappa shape index (κ2) is 6.14. The van der Waals surface area contributed by atoms with Gasteiger partial charge in [0.15, 0.2) is 17.7 Å². The Morgan fingerprint density at radius 1 is 1.00 bits per heavy atom. The van der Waals surface area contributed by atoms with Crippen LogP contribution in [-0.4, -0.2) is 29.5 Å². The zero-order chi connectivity index (χ0) is 18.3. The first kappa shape index (κ1) is 16.9. The molecule has 0 spiro atoms. The number of amides is 1. The second-order valence-electron chi connectivity index (χ2n) is 5.50. The Morgan fingerprint density at radius 3 is 2.20 bits per heavy atom. The minimum atomic E-state index is -1.15. The fraction of sp³-hybridized carbons (Fsp3) is 0.111. The molecule has 0 bridgehead atoms. The van der Waals surface area contributed by atoms with E-state index in [1.807, 2.05) is 0 Å². The van der Waals surface area contributed by atoms with Crippen LogP contribution >= 0.6 is 11.6 Å². The number of halogens is 1. The molecule has 0 radical (unpaired) electrons. The van der Waals surface area contributed by atoms with Crippen LogP contribution in [0.25, 0.3) is 0 Å². The first-order valence-corrected chi connectivity index (χ1v) is 7.72. The highest BCUT2D eigenvalue weighted by Crippen LogP contribution is 2.34. The van der Waals surface area contributed by atoms with E-state index in [4.69, 9.17) is 22.1 Å². The Hall–Kier alpha value is -2.99. The molecule has 2 N–H and O–H groups in total. The number of ketones is 2. The topological polar surface area (TPSA) is 104 Å². The molecule has 0 aromatic heterocycles. The van der Waals surface area contributed by atoms with Crippen molar-refractivity contribution in [3.05, 3.63) is 69.2 Å². The van der Waals surface area contributed by atoms with Gasteiger partial charge in [0.2, 0.25) is 0 Å². The average Bonchev–Trinajstić information content (AvgIpc) is 2.59. The summed E-state index contributed by atoms with van der Waals surface area (Å²) in [4.78, 5) is 48.5. The molecule has 2 aromatic rings. The highest BCUT2D eigenvalue weighted by molar-refractivity contribution is 6.41. The minimum Gasteiger partial charge on any atom is -0.449 e. The maximum atomic E-state index is 12.7. The Kier molecular flexibility index (Phi) is 4.14. The smallest absolute Gasteiger partial charge is 0.340 e. The summed E-state index contributed by atoms with van der Waals surface area (Å²) in [6.45, 7) is 1.32. The van der Waals surface area contributed by atoms with E-state index in [1.54, 1.807) is 18.2 Å². The second-order valence-corrected chi connectivity index (χ2v) is 5.88. The van der Waals surface area contributed by atoms with Gasteiger partial charge in [-0.15, -0.1) is 0 Å². The van der Waals surface area contributed by atoms with Gasteiger partial charge in [-0.25, -0.2) is 4.79 Å². The van der Waals surface area contributed by atoms with Crippen LogP contribution < -0.4 is 5.73 Å². The van der Waals surface area contributed by atoms with Crippen LogP contribution in [0, 0.1) is 0 Å². The molecular weight excluding hydrogens is 346 g/mol. The van der Waals surface area contributed by atoms with Gasteiger partial charge in [-0.05, 0) is 19.1 Å². The number of hydrogen-bond donors (Lipinski definition) is 1. The zero-order valence-electron chi connectivity index (χ0n) is 13.0. The van der Waals surface area contributed by atoms with E-state index in [2.05, 4.69) is 0 Å². The Balaban J connectivity index is 2.08. The average molecular weight is 358 g/mol. The SMILES string of the molecule is C[C@@H](OC(=O)c1ccc2c(c1Cl)C(=O)c1ccccc1C2=O)C(N)=O. The number of nitrogens with two attached hydrogens (primary N) is 1. The molecule has 25 heavy (non-hydrogen) atoms. The molecule has 3 rings (SSSR count). The predicted octanol–water partition coefficient (Wildman–Crippen LogP) is 2.15. The normalized spacial score (nSPS) is 13.7. The van der Waals surface area contributed by atoms with Gasteiger partial charge in [-0.1, -0.05) is 35.9 Å². The van der Waals surface area contributed by atoms with E-state index in [0.717, 1.165) is 0 Å². The van der Waals surface area contributed by atoms with Crippen molar-refractivity contribution in [1.82, 2.24) is 0 Å². The highest BCUT2D eigenvalue weighted by Gasteiger charge is 2.33. The molecule has 0 heterocycles. The van der Waals surface area contributed by atoms with Crippen LogP contribution in [0.5, 0.6) is 0 Å². The van der Waals surface area contributed by atoms with Gasteiger partial charge in [0.25, 0.3) is 5.91 Å². The molecule has 0 unspecified atom stereocenters. The molecule has 2 aromatic carbocycles. The third-order valence-electron chi connectivity index (χ3n) is 3.93. The van der Waals surface area contributed by atoms with Crippen molar-refractivity contribution in [2.45, 2.75) is 13.0 Å². The summed E-state index contributed by atoms with van der Waals surface area (Å²) in [5, 5.41) is -0.188.